The van der Waals surface area contributed by atoms with Crippen molar-refractivity contribution >= 4 is 11.6 Å². The molecular formula is C13H22N4O. The average Bonchev–Trinajstić information content (AvgIpc) is 2.33. The maximum atomic E-state index is 9.75. The lowest BCUT2D eigenvalue weighted by atomic mass is 9.64. The first-order chi connectivity index (χ1) is 8.36. The van der Waals surface area contributed by atoms with E-state index >= 15 is 0 Å². The topological polar surface area (TPSA) is 84.1 Å². The first-order valence-corrected chi connectivity index (χ1v) is 6.43. The molecular weight excluding hydrogens is 228 g/mol. The zero-order valence-corrected chi connectivity index (χ0v) is 11.5. The van der Waals surface area contributed by atoms with Crippen LogP contribution in [-0.2, 0) is 6.42 Å². The van der Waals surface area contributed by atoms with Crippen LogP contribution in [0, 0.1) is 12.3 Å². The van der Waals surface area contributed by atoms with Gasteiger partial charge in [-0.2, -0.15) is 0 Å². The van der Waals surface area contributed by atoms with E-state index in [1.807, 2.05) is 13.8 Å². The zero-order valence-electron chi connectivity index (χ0n) is 11.5. The van der Waals surface area contributed by atoms with Gasteiger partial charge in [0.25, 0.3) is 0 Å². The van der Waals surface area contributed by atoms with Gasteiger partial charge in [-0.1, -0.05) is 20.8 Å². The second-order valence-corrected chi connectivity index (χ2v) is 5.62. The number of nitrogen functional groups attached to an aromatic ring is 1. The van der Waals surface area contributed by atoms with Crippen molar-refractivity contribution in [2.75, 3.05) is 11.1 Å². The number of aliphatic hydroxyl groups is 1. The van der Waals surface area contributed by atoms with E-state index in [2.05, 4.69) is 29.1 Å². The molecule has 18 heavy (non-hydrogen) atoms. The molecule has 0 bridgehead atoms. The summed E-state index contributed by atoms with van der Waals surface area (Å²) < 4.78 is 0. The van der Waals surface area contributed by atoms with Crippen LogP contribution in [0.3, 0.4) is 0 Å². The molecule has 4 N–H and O–H groups in total. The summed E-state index contributed by atoms with van der Waals surface area (Å²) in [5, 5.41) is 13.1. The number of hydrogen-bond donors (Lipinski definition) is 3. The quantitative estimate of drug-likeness (QED) is 0.757. The van der Waals surface area contributed by atoms with Crippen LogP contribution in [0.1, 0.15) is 38.6 Å². The van der Waals surface area contributed by atoms with Gasteiger partial charge in [0.15, 0.2) is 0 Å². The molecule has 1 aliphatic carbocycles. The van der Waals surface area contributed by atoms with Gasteiger partial charge in [-0.15, -0.1) is 0 Å². The number of nitrogens with zero attached hydrogens (tertiary/aromatic N) is 2. The summed E-state index contributed by atoms with van der Waals surface area (Å²) in [7, 11) is 0. The molecule has 1 saturated carbocycles. The fourth-order valence-electron chi connectivity index (χ4n) is 2.19. The number of anilines is 2. The number of hydrogen-bond acceptors (Lipinski definition) is 5. The first kappa shape index (κ1) is 13.1. The van der Waals surface area contributed by atoms with Crippen LogP contribution in [-0.4, -0.2) is 27.2 Å². The van der Waals surface area contributed by atoms with Crippen LogP contribution in [0.4, 0.5) is 11.6 Å². The molecule has 100 valence electrons. The van der Waals surface area contributed by atoms with Crippen molar-refractivity contribution in [3.05, 3.63) is 11.4 Å². The molecule has 0 radical (unpaired) electrons. The van der Waals surface area contributed by atoms with E-state index in [9.17, 15) is 5.11 Å². The maximum absolute atomic E-state index is 9.75. The first-order valence-electron chi connectivity index (χ1n) is 6.43. The van der Waals surface area contributed by atoms with Crippen LogP contribution in [0.2, 0.25) is 0 Å². The van der Waals surface area contributed by atoms with Crippen molar-refractivity contribution in [2.24, 2.45) is 5.41 Å². The molecule has 2 rings (SSSR count). The Kier molecular flexibility index (Phi) is 3.19. The van der Waals surface area contributed by atoms with Gasteiger partial charge in [0.1, 0.15) is 17.5 Å². The van der Waals surface area contributed by atoms with Gasteiger partial charge in [-0.05, 0) is 13.3 Å². The van der Waals surface area contributed by atoms with Crippen molar-refractivity contribution < 1.29 is 5.11 Å². The van der Waals surface area contributed by atoms with Crippen molar-refractivity contribution in [1.82, 2.24) is 9.97 Å². The third-order valence-electron chi connectivity index (χ3n) is 4.07. The van der Waals surface area contributed by atoms with E-state index in [0.717, 1.165) is 30.0 Å². The lowest BCUT2D eigenvalue weighted by Crippen LogP contribution is -2.57. The minimum Gasteiger partial charge on any atom is -0.392 e. The van der Waals surface area contributed by atoms with Crippen LogP contribution in [0.25, 0.3) is 0 Å². The van der Waals surface area contributed by atoms with E-state index < -0.39 is 0 Å². The Morgan fingerprint density at radius 2 is 2.11 bits per heavy atom. The predicted octanol–water partition coefficient (Wildman–Crippen LogP) is 1.50. The minimum atomic E-state index is -0.250. The van der Waals surface area contributed by atoms with E-state index in [1.165, 1.54) is 0 Å². The summed E-state index contributed by atoms with van der Waals surface area (Å²) in [6.45, 7) is 8.03. The number of aryl methyl sites for hydroxylation is 1. The molecule has 0 amide bonds. The maximum Gasteiger partial charge on any atom is 0.135 e. The van der Waals surface area contributed by atoms with Crippen LogP contribution >= 0.6 is 0 Å². The highest BCUT2D eigenvalue weighted by Crippen LogP contribution is 2.42. The smallest absolute Gasteiger partial charge is 0.135 e. The molecule has 0 saturated heterocycles. The predicted molar refractivity (Wildman–Crippen MR) is 72.4 cm³/mol. The number of nitrogens with one attached hydrogen (secondary N) is 1. The fraction of sp³-hybridized carbons (Fsp3) is 0.692. The SMILES string of the molecule is CCc1nc(N)c(C)c(NC2CC(O)C2(C)C)n1. The van der Waals surface area contributed by atoms with Gasteiger partial charge in [-0.25, -0.2) is 9.97 Å². The summed E-state index contributed by atoms with van der Waals surface area (Å²) in [5.74, 6) is 2.07. The Morgan fingerprint density at radius 3 is 2.61 bits per heavy atom. The minimum absolute atomic E-state index is 0.126. The molecule has 5 heteroatoms. The van der Waals surface area contributed by atoms with Crippen molar-refractivity contribution in [2.45, 2.75) is 52.7 Å². The summed E-state index contributed by atoms with van der Waals surface area (Å²) in [4.78, 5) is 8.71. The molecule has 1 aromatic heterocycles. The monoisotopic (exact) mass is 250 g/mol. The number of aliphatic hydroxyl groups excluding tert-OH is 1. The van der Waals surface area contributed by atoms with Gasteiger partial charge < -0.3 is 16.2 Å². The number of aromatic nitrogens is 2. The highest BCUT2D eigenvalue weighted by molar-refractivity contribution is 5.55. The molecule has 5 nitrogen and oxygen atoms in total. The van der Waals surface area contributed by atoms with Gasteiger partial charge in [0.05, 0.1) is 6.10 Å². The molecule has 0 aromatic carbocycles. The Morgan fingerprint density at radius 1 is 1.44 bits per heavy atom. The molecule has 2 unspecified atom stereocenters. The molecule has 1 aliphatic rings. The highest BCUT2D eigenvalue weighted by atomic mass is 16.3. The molecule has 1 aromatic rings. The highest BCUT2D eigenvalue weighted by Gasteiger charge is 2.47. The largest absolute Gasteiger partial charge is 0.392 e. The van der Waals surface area contributed by atoms with Crippen molar-refractivity contribution in [3.8, 4) is 0 Å². The van der Waals surface area contributed by atoms with Gasteiger partial charge in [0, 0.05) is 23.4 Å². The summed E-state index contributed by atoms with van der Waals surface area (Å²) in [6.07, 6.45) is 1.26. The molecule has 2 atom stereocenters. The molecule has 0 aliphatic heterocycles. The van der Waals surface area contributed by atoms with Gasteiger partial charge >= 0.3 is 0 Å². The van der Waals surface area contributed by atoms with E-state index in [1.54, 1.807) is 0 Å². The summed E-state index contributed by atoms with van der Waals surface area (Å²) >= 11 is 0. The number of rotatable bonds is 3. The van der Waals surface area contributed by atoms with Crippen LogP contribution in [0.5, 0.6) is 0 Å². The van der Waals surface area contributed by atoms with Crippen LogP contribution in [0.15, 0.2) is 0 Å². The second kappa shape index (κ2) is 4.39. The molecule has 0 spiro atoms. The van der Waals surface area contributed by atoms with Crippen molar-refractivity contribution in [3.63, 3.8) is 0 Å². The van der Waals surface area contributed by atoms with Crippen LogP contribution < -0.4 is 11.1 Å². The number of nitrogens with two attached hydrogens (primary N) is 1. The second-order valence-electron chi connectivity index (χ2n) is 5.62. The van der Waals surface area contributed by atoms with E-state index in [4.69, 9.17) is 5.73 Å². The third kappa shape index (κ3) is 2.03. The van der Waals surface area contributed by atoms with Gasteiger partial charge in [-0.3, -0.25) is 0 Å². The normalized spacial score (nSPS) is 25.6. The fourth-order valence-corrected chi connectivity index (χ4v) is 2.19. The van der Waals surface area contributed by atoms with E-state index in [-0.39, 0.29) is 17.6 Å². The lowest BCUT2D eigenvalue weighted by molar-refractivity contribution is -0.0511. The molecule has 1 fully saturated rings. The Balaban J connectivity index is 2.22. The lowest BCUT2D eigenvalue weighted by Gasteiger charge is -2.49. The van der Waals surface area contributed by atoms with Crippen molar-refractivity contribution in [1.29, 1.82) is 0 Å². The Hall–Kier alpha value is -1.36. The summed E-state index contributed by atoms with van der Waals surface area (Å²) in [6, 6.07) is 0.227. The van der Waals surface area contributed by atoms with Gasteiger partial charge in [0.2, 0.25) is 0 Å². The Bertz CT molecular complexity index is 459. The average molecular weight is 250 g/mol. The zero-order chi connectivity index (χ0) is 13.5. The van der Waals surface area contributed by atoms with E-state index in [0.29, 0.717) is 5.82 Å². The Labute approximate surface area is 108 Å². The third-order valence-corrected chi connectivity index (χ3v) is 4.07. The summed E-state index contributed by atoms with van der Waals surface area (Å²) in [5.41, 5.74) is 6.64. The standard InChI is InChI=1S/C13H22N4O/c1-5-10-16-11(14)7(2)12(17-10)15-8-6-9(18)13(8,3)4/h8-9,18H,5-6H2,1-4H3,(H3,14,15,16,17). The molecule has 1 heterocycles.